The Kier molecular flexibility index (Phi) is 7.39. The number of pyridine rings is 1. The van der Waals surface area contributed by atoms with Gasteiger partial charge in [-0.2, -0.15) is 0 Å². The molecule has 1 atom stereocenters. The van der Waals surface area contributed by atoms with Gasteiger partial charge in [-0.3, -0.25) is 4.98 Å². The minimum absolute atomic E-state index is 0. The Labute approximate surface area is 85.4 Å². The minimum Gasteiger partial charge on any atom is -0.323 e. The summed E-state index contributed by atoms with van der Waals surface area (Å²) in [6.07, 6.45) is 1.83. The van der Waals surface area contributed by atoms with Crippen molar-refractivity contribution >= 4 is 24.8 Å². The number of hydrogen-bond acceptors (Lipinski definition) is 2. The first-order valence-electron chi connectivity index (χ1n) is 3.38. The molecular formula is C8H14Cl2N2. The lowest BCUT2D eigenvalue weighted by Crippen LogP contribution is -2.06. The topological polar surface area (TPSA) is 38.9 Å². The molecule has 0 fully saturated rings. The van der Waals surface area contributed by atoms with Crippen LogP contribution in [0.3, 0.4) is 0 Å². The molecule has 0 spiro atoms. The molecule has 2 N–H and O–H groups in total. The first-order valence-corrected chi connectivity index (χ1v) is 3.38. The van der Waals surface area contributed by atoms with Gasteiger partial charge in [0, 0.05) is 12.2 Å². The van der Waals surface area contributed by atoms with Gasteiger partial charge >= 0.3 is 0 Å². The summed E-state index contributed by atoms with van der Waals surface area (Å²) in [5, 5.41) is 0. The van der Waals surface area contributed by atoms with Crippen molar-refractivity contribution in [3.05, 3.63) is 29.6 Å². The van der Waals surface area contributed by atoms with Crippen LogP contribution >= 0.6 is 24.8 Å². The van der Waals surface area contributed by atoms with Crippen molar-refractivity contribution in [2.45, 2.75) is 19.9 Å². The molecule has 70 valence electrons. The fourth-order valence-corrected chi connectivity index (χ4v) is 0.749. The molecule has 1 unspecified atom stereocenters. The monoisotopic (exact) mass is 208 g/mol. The van der Waals surface area contributed by atoms with E-state index >= 15 is 0 Å². The fraction of sp³-hybridized carbons (Fsp3) is 0.375. The molecule has 2 nitrogen and oxygen atoms in total. The Hall–Kier alpha value is -0.310. The molecule has 1 aromatic rings. The van der Waals surface area contributed by atoms with Crippen molar-refractivity contribution < 1.29 is 0 Å². The smallest absolute Gasteiger partial charge is 0.0568 e. The quantitative estimate of drug-likeness (QED) is 0.770. The van der Waals surface area contributed by atoms with Gasteiger partial charge in [-0.15, -0.1) is 24.8 Å². The second-order valence-electron chi connectivity index (χ2n) is 2.55. The Morgan fingerprint density at radius 2 is 1.92 bits per heavy atom. The van der Waals surface area contributed by atoms with Crippen LogP contribution in [0.15, 0.2) is 18.3 Å². The third-order valence-electron chi connectivity index (χ3n) is 1.40. The lowest BCUT2D eigenvalue weighted by Gasteiger charge is -2.02. The third kappa shape index (κ3) is 3.90. The van der Waals surface area contributed by atoms with E-state index < -0.39 is 0 Å². The highest BCUT2D eigenvalue weighted by molar-refractivity contribution is 5.85. The van der Waals surface area contributed by atoms with E-state index in [0.29, 0.717) is 0 Å². The van der Waals surface area contributed by atoms with Crippen LogP contribution in [0, 0.1) is 6.92 Å². The van der Waals surface area contributed by atoms with Gasteiger partial charge in [-0.25, -0.2) is 0 Å². The number of aryl methyl sites for hydroxylation is 1. The summed E-state index contributed by atoms with van der Waals surface area (Å²) >= 11 is 0. The van der Waals surface area contributed by atoms with E-state index in [4.69, 9.17) is 5.73 Å². The molecule has 0 aliphatic carbocycles. The number of nitrogens with zero attached hydrogens (tertiary/aromatic N) is 1. The number of aromatic nitrogens is 1. The van der Waals surface area contributed by atoms with Crippen LogP contribution in [0.2, 0.25) is 0 Å². The van der Waals surface area contributed by atoms with Crippen molar-refractivity contribution in [2.24, 2.45) is 5.73 Å². The highest BCUT2D eigenvalue weighted by Crippen LogP contribution is 2.05. The summed E-state index contributed by atoms with van der Waals surface area (Å²) in [7, 11) is 0. The molecule has 1 aromatic heterocycles. The summed E-state index contributed by atoms with van der Waals surface area (Å²) in [6.45, 7) is 3.94. The van der Waals surface area contributed by atoms with Gasteiger partial charge in [0.05, 0.1) is 5.69 Å². The summed E-state index contributed by atoms with van der Waals surface area (Å²) in [4.78, 5) is 4.15. The van der Waals surface area contributed by atoms with Crippen LogP contribution in [-0.2, 0) is 0 Å². The summed E-state index contributed by atoms with van der Waals surface area (Å²) in [5.74, 6) is 0. The average Bonchev–Trinajstić information content (AvgIpc) is 1.88. The van der Waals surface area contributed by atoms with Crippen LogP contribution in [0.1, 0.15) is 24.2 Å². The van der Waals surface area contributed by atoms with Gasteiger partial charge < -0.3 is 5.73 Å². The van der Waals surface area contributed by atoms with E-state index in [-0.39, 0.29) is 30.9 Å². The second-order valence-corrected chi connectivity index (χ2v) is 2.55. The van der Waals surface area contributed by atoms with E-state index in [1.165, 1.54) is 5.56 Å². The molecular weight excluding hydrogens is 195 g/mol. The zero-order valence-corrected chi connectivity index (χ0v) is 8.78. The zero-order chi connectivity index (χ0) is 7.56. The third-order valence-corrected chi connectivity index (χ3v) is 1.40. The molecule has 1 heterocycles. The zero-order valence-electron chi connectivity index (χ0n) is 7.15. The molecule has 0 saturated carbocycles. The van der Waals surface area contributed by atoms with Crippen LogP contribution < -0.4 is 5.73 Å². The summed E-state index contributed by atoms with van der Waals surface area (Å²) in [6, 6.07) is 4.02. The largest absolute Gasteiger partial charge is 0.323 e. The van der Waals surface area contributed by atoms with Crippen molar-refractivity contribution in [1.29, 1.82) is 0 Å². The maximum absolute atomic E-state index is 5.60. The van der Waals surface area contributed by atoms with Gasteiger partial charge in [0.2, 0.25) is 0 Å². The van der Waals surface area contributed by atoms with Gasteiger partial charge in [0.25, 0.3) is 0 Å². The normalized spacial score (nSPS) is 10.9. The standard InChI is InChI=1S/C8H12N2.2ClH/c1-6-3-4-8(7(2)9)10-5-6;;/h3-5,7H,9H2,1-2H3;2*1H. The molecule has 0 aromatic carbocycles. The lowest BCUT2D eigenvalue weighted by molar-refractivity contribution is 0.780. The molecule has 0 saturated heterocycles. The first-order chi connectivity index (χ1) is 4.70. The van der Waals surface area contributed by atoms with Gasteiger partial charge in [0.1, 0.15) is 0 Å². The number of halogens is 2. The van der Waals surface area contributed by atoms with Crippen LogP contribution in [-0.4, -0.2) is 4.98 Å². The fourth-order valence-electron chi connectivity index (χ4n) is 0.749. The maximum atomic E-state index is 5.60. The van der Waals surface area contributed by atoms with Crippen molar-refractivity contribution in [1.82, 2.24) is 4.98 Å². The number of rotatable bonds is 1. The Morgan fingerprint density at radius 1 is 1.33 bits per heavy atom. The number of hydrogen-bond donors (Lipinski definition) is 1. The summed E-state index contributed by atoms with van der Waals surface area (Å²) < 4.78 is 0. The van der Waals surface area contributed by atoms with Crippen LogP contribution in [0.25, 0.3) is 0 Å². The van der Waals surface area contributed by atoms with E-state index in [0.717, 1.165) is 5.69 Å². The highest BCUT2D eigenvalue weighted by atomic mass is 35.5. The van der Waals surface area contributed by atoms with E-state index in [1.807, 2.05) is 32.2 Å². The van der Waals surface area contributed by atoms with Gasteiger partial charge in [0.15, 0.2) is 0 Å². The van der Waals surface area contributed by atoms with E-state index in [1.54, 1.807) is 0 Å². The van der Waals surface area contributed by atoms with Crippen molar-refractivity contribution in [2.75, 3.05) is 0 Å². The Balaban J connectivity index is 0. The predicted octanol–water partition coefficient (Wildman–Crippen LogP) is 2.25. The van der Waals surface area contributed by atoms with Crippen LogP contribution in [0.5, 0.6) is 0 Å². The maximum Gasteiger partial charge on any atom is 0.0568 e. The molecule has 0 bridgehead atoms. The van der Waals surface area contributed by atoms with E-state index in [2.05, 4.69) is 4.98 Å². The van der Waals surface area contributed by atoms with Gasteiger partial charge in [-0.1, -0.05) is 6.07 Å². The molecule has 0 aliphatic rings. The first kappa shape index (κ1) is 14.2. The van der Waals surface area contributed by atoms with Gasteiger partial charge in [-0.05, 0) is 25.5 Å². The molecule has 0 radical (unpaired) electrons. The van der Waals surface area contributed by atoms with Crippen LogP contribution in [0.4, 0.5) is 0 Å². The molecule has 1 rings (SSSR count). The SMILES string of the molecule is Cc1ccc(C(C)N)nc1.Cl.Cl. The lowest BCUT2D eigenvalue weighted by atomic mass is 10.2. The predicted molar refractivity (Wildman–Crippen MR) is 56.1 cm³/mol. The Bertz CT molecular complexity index is 209. The molecule has 12 heavy (non-hydrogen) atoms. The molecule has 0 aliphatic heterocycles. The molecule has 4 heteroatoms. The van der Waals surface area contributed by atoms with Crippen molar-refractivity contribution in [3.8, 4) is 0 Å². The van der Waals surface area contributed by atoms with Crippen molar-refractivity contribution in [3.63, 3.8) is 0 Å². The average molecular weight is 209 g/mol. The second kappa shape index (κ2) is 6.23. The summed E-state index contributed by atoms with van der Waals surface area (Å²) in [5.41, 5.74) is 7.72. The van der Waals surface area contributed by atoms with E-state index in [9.17, 15) is 0 Å². The highest BCUT2D eigenvalue weighted by Gasteiger charge is 1.97. The number of nitrogens with two attached hydrogens (primary N) is 1. The Morgan fingerprint density at radius 3 is 2.25 bits per heavy atom. The minimum atomic E-state index is 0. The molecule has 0 amide bonds.